The number of hydrogen-bond acceptors (Lipinski definition) is 1. The van der Waals surface area contributed by atoms with Crippen LogP contribution in [0.4, 0.5) is 0 Å². The van der Waals surface area contributed by atoms with Gasteiger partial charge in [-0.25, -0.2) is 0 Å². The van der Waals surface area contributed by atoms with Crippen molar-refractivity contribution in [2.24, 2.45) is 0 Å². The van der Waals surface area contributed by atoms with Gasteiger partial charge in [0.15, 0.2) is 0 Å². The number of Topliss-reactive ketones (excluding diaryl/α,β-unsaturated/α-hetero) is 1. The third-order valence-electron chi connectivity index (χ3n) is 1.61. The van der Waals surface area contributed by atoms with Gasteiger partial charge >= 0.3 is 0 Å². The second-order valence-corrected chi connectivity index (χ2v) is 4.32. The summed E-state index contributed by atoms with van der Waals surface area (Å²) in [6.45, 7) is 1.50. The molecule has 13 heavy (non-hydrogen) atoms. The molecule has 0 aliphatic rings. The number of carbonyl (C=O) groups is 1. The third kappa shape index (κ3) is 2.46. The highest BCUT2D eigenvalue weighted by molar-refractivity contribution is 9.09. The molecule has 1 aromatic rings. The summed E-state index contributed by atoms with van der Waals surface area (Å²) in [4.78, 5) is 10.7. The summed E-state index contributed by atoms with van der Waals surface area (Å²) in [5.74, 6) is 0.00386. The highest BCUT2D eigenvalue weighted by atomic mass is 79.9. The zero-order valence-corrected chi connectivity index (χ0v) is 9.95. The van der Waals surface area contributed by atoms with Crippen molar-refractivity contribution in [1.29, 1.82) is 0 Å². The van der Waals surface area contributed by atoms with Crippen LogP contribution in [0.2, 0.25) is 10.0 Å². The van der Waals surface area contributed by atoms with E-state index in [0.717, 1.165) is 0 Å². The molecule has 1 aromatic carbocycles. The molecule has 0 saturated carbocycles. The van der Waals surface area contributed by atoms with Gasteiger partial charge in [0.2, 0.25) is 0 Å². The Hall–Kier alpha value is -0.0500. The predicted octanol–water partition coefficient (Wildman–Crippen LogP) is 4.02. The largest absolute Gasteiger partial charge is 0.298 e. The van der Waals surface area contributed by atoms with Crippen molar-refractivity contribution in [3.63, 3.8) is 0 Å². The van der Waals surface area contributed by atoms with Gasteiger partial charge in [-0.3, -0.25) is 4.79 Å². The maximum absolute atomic E-state index is 11.1. The van der Waals surface area contributed by atoms with Crippen LogP contribution in [0.15, 0.2) is 18.2 Å². The summed E-state index contributed by atoms with van der Waals surface area (Å²) in [6.07, 6.45) is 0. The first-order valence-corrected chi connectivity index (χ1v) is 5.29. The average Bonchev–Trinajstić information content (AvgIpc) is 2.08. The zero-order valence-electron chi connectivity index (χ0n) is 6.85. The fourth-order valence-corrected chi connectivity index (χ4v) is 1.87. The molecule has 1 nitrogen and oxygen atoms in total. The molecule has 0 fully saturated rings. The molecular weight excluding hydrogens is 275 g/mol. The molecule has 0 saturated heterocycles. The predicted molar refractivity (Wildman–Crippen MR) is 58.8 cm³/mol. The summed E-state index contributed by atoms with van der Waals surface area (Å²) in [7, 11) is 0. The topological polar surface area (TPSA) is 17.1 Å². The summed E-state index contributed by atoms with van der Waals surface area (Å²) in [5.41, 5.74) is 0.710. The molecule has 0 bridgehead atoms. The minimum Gasteiger partial charge on any atom is -0.298 e. The quantitative estimate of drug-likeness (QED) is 0.749. The first-order chi connectivity index (χ1) is 6.04. The van der Waals surface area contributed by atoms with Crippen LogP contribution in [0.5, 0.6) is 0 Å². The molecule has 0 N–H and O–H groups in total. The second kappa shape index (κ2) is 4.45. The van der Waals surface area contributed by atoms with Crippen molar-refractivity contribution in [2.75, 3.05) is 0 Å². The molecule has 0 spiro atoms. The number of hydrogen-bond donors (Lipinski definition) is 0. The van der Waals surface area contributed by atoms with Gasteiger partial charge in [0, 0.05) is 0 Å². The summed E-state index contributed by atoms with van der Waals surface area (Å²) in [5, 5.41) is 0.895. The molecule has 0 amide bonds. The maximum Gasteiger partial charge on any atom is 0.147 e. The molecule has 0 heterocycles. The van der Waals surface area contributed by atoms with Gasteiger partial charge in [-0.15, -0.1) is 0 Å². The number of halogens is 3. The Labute approximate surface area is 95.2 Å². The molecule has 0 radical (unpaired) electrons. The van der Waals surface area contributed by atoms with E-state index >= 15 is 0 Å². The van der Waals surface area contributed by atoms with Crippen molar-refractivity contribution in [3.8, 4) is 0 Å². The molecule has 1 rings (SSSR count). The molecule has 0 aliphatic heterocycles. The van der Waals surface area contributed by atoms with E-state index in [1.807, 2.05) is 0 Å². The number of rotatable bonds is 2. The Morgan fingerprint density at radius 1 is 1.46 bits per heavy atom. The Morgan fingerprint density at radius 2 is 2.08 bits per heavy atom. The van der Waals surface area contributed by atoms with E-state index in [0.29, 0.717) is 15.6 Å². The van der Waals surface area contributed by atoms with Gasteiger partial charge in [-0.2, -0.15) is 0 Å². The van der Waals surface area contributed by atoms with E-state index in [4.69, 9.17) is 23.2 Å². The van der Waals surface area contributed by atoms with E-state index in [1.54, 1.807) is 18.2 Å². The smallest absolute Gasteiger partial charge is 0.147 e. The molecule has 0 aromatic heterocycles. The van der Waals surface area contributed by atoms with Gasteiger partial charge in [-0.1, -0.05) is 51.3 Å². The SMILES string of the molecule is CC(=O)C(Br)c1cccc(Cl)c1Cl. The summed E-state index contributed by atoms with van der Waals surface area (Å²) < 4.78 is 0. The van der Waals surface area contributed by atoms with Crippen LogP contribution in [0.1, 0.15) is 17.3 Å². The van der Waals surface area contributed by atoms with E-state index in [9.17, 15) is 4.79 Å². The third-order valence-corrected chi connectivity index (χ3v) is 3.58. The minimum atomic E-state index is -0.376. The highest BCUT2D eigenvalue weighted by Crippen LogP contribution is 2.34. The van der Waals surface area contributed by atoms with Gasteiger partial charge < -0.3 is 0 Å². The molecule has 70 valence electrons. The van der Waals surface area contributed by atoms with E-state index in [1.165, 1.54) is 6.92 Å². The highest BCUT2D eigenvalue weighted by Gasteiger charge is 2.16. The first-order valence-electron chi connectivity index (χ1n) is 3.62. The van der Waals surface area contributed by atoms with Crippen LogP contribution in [-0.4, -0.2) is 5.78 Å². The number of carbonyl (C=O) groups excluding carboxylic acids is 1. The second-order valence-electron chi connectivity index (χ2n) is 2.62. The van der Waals surface area contributed by atoms with E-state index in [2.05, 4.69) is 15.9 Å². The average molecular weight is 282 g/mol. The lowest BCUT2D eigenvalue weighted by Crippen LogP contribution is -2.01. The van der Waals surface area contributed by atoms with Crippen LogP contribution in [0.25, 0.3) is 0 Å². The van der Waals surface area contributed by atoms with Crippen molar-refractivity contribution in [1.82, 2.24) is 0 Å². The monoisotopic (exact) mass is 280 g/mol. The lowest BCUT2D eigenvalue weighted by molar-refractivity contribution is -0.116. The maximum atomic E-state index is 11.1. The van der Waals surface area contributed by atoms with Crippen LogP contribution < -0.4 is 0 Å². The molecule has 1 atom stereocenters. The van der Waals surface area contributed by atoms with Gasteiger partial charge in [0.1, 0.15) is 5.78 Å². The standard InChI is InChI=1S/C9H7BrCl2O/c1-5(13)8(10)6-3-2-4-7(11)9(6)12/h2-4,8H,1H3. The van der Waals surface area contributed by atoms with Crippen LogP contribution >= 0.6 is 39.1 Å². The molecule has 1 unspecified atom stereocenters. The first kappa shape index (κ1) is 11.0. The zero-order chi connectivity index (χ0) is 10.0. The number of alkyl halides is 1. The normalized spacial score (nSPS) is 12.6. The van der Waals surface area contributed by atoms with E-state index in [-0.39, 0.29) is 10.6 Å². The lowest BCUT2D eigenvalue weighted by Gasteiger charge is -2.08. The fourth-order valence-electron chi connectivity index (χ4n) is 0.935. The van der Waals surface area contributed by atoms with Crippen LogP contribution in [0, 0.1) is 0 Å². The fraction of sp³-hybridized carbons (Fsp3) is 0.222. The van der Waals surface area contributed by atoms with Crippen molar-refractivity contribution < 1.29 is 4.79 Å². The van der Waals surface area contributed by atoms with Crippen molar-refractivity contribution in [2.45, 2.75) is 11.8 Å². The summed E-state index contributed by atoms with van der Waals surface area (Å²) in [6, 6.07) is 5.23. The Bertz CT molecular complexity index is 338. The minimum absolute atomic E-state index is 0.00386. The summed E-state index contributed by atoms with van der Waals surface area (Å²) >= 11 is 15.0. The van der Waals surface area contributed by atoms with Gasteiger partial charge in [-0.05, 0) is 18.6 Å². The van der Waals surface area contributed by atoms with Crippen LogP contribution in [0.3, 0.4) is 0 Å². The van der Waals surface area contributed by atoms with Gasteiger partial charge in [0.05, 0.1) is 14.9 Å². The molecular formula is C9H7BrCl2O. The Kier molecular flexibility index (Phi) is 3.77. The van der Waals surface area contributed by atoms with Gasteiger partial charge in [0.25, 0.3) is 0 Å². The number of benzene rings is 1. The molecule has 4 heteroatoms. The Morgan fingerprint density at radius 3 is 2.62 bits per heavy atom. The van der Waals surface area contributed by atoms with E-state index < -0.39 is 0 Å². The van der Waals surface area contributed by atoms with Crippen molar-refractivity contribution >= 4 is 44.9 Å². The lowest BCUT2D eigenvalue weighted by atomic mass is 10.1. The van der Waals surface area contributed by atoms with Crippen LogP contribution in [-0.2, 0) is 4.79 Å². The Balaban J connectivity index is 3.15. The van der Waals surface area contributed by atoms with Crippen molar-refractivity contribution in [3.05, 3.63) is 33.8 Å². The molecule has 0 aliphatic carbocycles. The number of ketones is 1.